The van der Waals surface area contributed by atoms with E-state index in [1.165, 1.54) is 36.8 Å². The molecular formula is C27H38O2. The van der Waals surface area contributed by atoms with Gasteiger partial charge in [-0.05, 0) is 104 Å². The summed E-state index contributed by atoms with van der Waals surface area (Å²) in [7, 11) is 0. The molecule has 4 aliphatic rings. The van der Waals surface area contributed by atoms with Gasteiger partial charge in [-0.3, -0.25) is 0 Å². The Morgan fingerprint density at radius 2 is 1.66 bits per heavy atom. The number of aliphatic hydroxyl groups is 2. The van der Waals surface area contributed by atoms with Crippen LogP contribution in [0.25, 0.3) is 6.08 Å². The van der Waals surface area contributed by atoms with Crippen LogP contribution in [0.5, 0.6) is 0 Å². The van der Waals surface area contributed by atoms with Gasteiger partial charge < -0.3 is 10.2 Å². The molecule has 2 N–H and O–H groups in total. The lowest BCUT2D eigenvalue weighted by atomic mass is 9.44. The van der Waals surface area contributed by atoms with Crippen LogP contribution in [0.4, 0.5) is 0 Å². The molecule has 2 nitrogen and oxygen atoms in total. The second kappa shape index (κ2) is 6.69. The Bertz CT molecular complexity index is 796. The SMILES string of the molecule is C[C@]12C/C(=C\c3ccccc3)[C@@H](O)C[C@@H]1CC[C@@H]1[C@@H]2CC[C@@]2(C)[C@H]1CC[C@]2(C)O. The van der Waals surface area contributed by atoms with Crippen molar-refractivity contribution in [1.29, 1.82) is 0 Å². The third-order valence-corrected chi connectivity index (χ3v) is 10.3. The van der Waals surface area contributed by atoms with E-state index in [4.69, 9.17) is 0 Å². The average Bonchev–Trinajstić information content (AvgIpc) is 2.93. The van der Waals surface area contributed by atoms with Crippen molar-refractivity contribution in [2.45, 2.75) is 83.8 Å². The predicted molar refractivity (Wildman–Crippen MR) is 118 cm³/mol. The van der Waals surface area contributed by atoms with Crippen LogP contribution in [0.2, 0.25) is 0 Å². The zero-order valence-corrected chi connectivity index (χ0v) is 18.4. The molecule has 0 spiro atoms. The Morgan fingerprint density at radius 1 is 0.931 bits per heavy atom. The van der Waals surface area contributed by atoms with Crippen molar-refractivity contribution >= 4 is 6.08 Å². The molecule has 4 aliphatic carbocycles. The van der Waals surface area contributed by atoms with Crippen LogP contribution in [-0.2, 0) is 0 Å². The van der Waals surface area contributed by atoms with Gasteiger partial charge in [-0.2, -0.15) is 0 Å². The van der Waals surface area contributed by atoms with Crippen LogP contribution >= 0.6 is 0 Å². The first kappa shape index (κ1) is 19.8. The fraction of sp³-hybridized carbons (Fsp3) is 0.704. The van der Waals surface area contributed by atoms with Crippen LogP contribution in [0.3, 0.4) is 0 Å². The van der Waals surface area contributed by atoms with Gasteiger partial charge in [0.15, 0.2) is 0 Å². The van der Waals surface area contributed by atoms with Crippen molar-refractivity contribution in [2.75, 3.05) is 0 Å². The van der Waals surface area contributed by atoms with Gasteiger partial charge >= 0.3 is 0 Å². The second-order valence-electron chi connectivity index (χ2n) is 11.5. The summed E-state index contributed by atoms with van der Waals surface area (Å²) in [6.07, 6.45) is 11.1. The van der Waals surface area contributed by atoms with E-state index in [1.54, 1.807) is 0 Å². The molecule has 0 aromatic heterocycles. The predicted octanol–water partition coefficient (Wildman–Crippen LogP) is 5.83. The van der Waals surface area contributed by atoms with E-state index in [0.717, 1.165) is 37.5 Å². The molecule has 4 fully saturated rings. The van der Waals surface area contributed by atoms with E-state index >= 15 is 0 Å². The minimum atomic E-state index is -0.498. The Labute approximate surface area is 176 Å². The maximum atomic E-state index is 11.1. The van der Waals surface area contributed by atoms with E-state index in [1.807, 2.05) is 0 Å². The number of benzene rings is 1. The van der Waals surface area contributed by atoms with E-state index < -0.39 is 5.60 Å². The molecule has 0 heterocycles. The van der Waals surface area contributed by atoms with Gasteiger partial charge in [0.2, 0.25) is 0 Å². The molecular weight excluding hydrogens is 356 g/mol. The summed E-state index contributed by atoms with van der Waals surface area (Å²) >= 11 is 0. The van der Waals surface area contributed by atoms with Crippen LogP contribution < -0.4 is 0 Å². The smallest absolute Gasteiger partial charge is 0.0756 e. The van der Waals surface area contributed by atoms with Crippen LogP contribution in [0, 0.1) is 34.5 Å². The van der Waals surface area contributed by atoms with Crippen molar-refractivity contribution in [3.05, 3.63) is 41.5 Å². The quantitative estimate of drug-likeness (QED) is 0.629. The number of hydrogen-bond donors (Lipinski definition) is 2. The largest absolute Gasteiger partial charge is 0.390 e. The van der Waals surface area contributed by atoms with Gasteiger partial charge in [-0.1, -0.05) is 50.3 Å². The second-order valence-corrected chi connectivity index (χ2v) is 11.5. The molecule has 0 amide bonds. The number of aliphatic hydroxyl groups excluding tert-OH is 1. The van der Waals surface area contributed by atoms with Crippen molar-refractivity contribution in [1.82, 2.24) is 0 Å². The normalized spacial score (nSPS) is 50.7. The summed E-state index contributed by atoms with van der Waals surface area (Å²) in [6.45, 7) is 7.01. The molecule has 0 bridgehead atoms. The monoisotopic (exact) mass is 394 g/mol. The standard InChI is InChI=1S/C27H38O2/c1-25-17-19(15-18-7-5-4-6-8-18)24(28)16-20(25)9-10-21-22(25)11-13-26(2)23(21)12-14-27(26,3)29/h4-8,15,20-24,28-29H,9-14,16-17H2,1-3H3/b19-15+/t20-,21+,22-,23-,24-,25-,26-,27-/m0/s1. The Hall–Kier alpha value is -1.12. The highest BCUT2D eigenvalue weighted by Gasteiger charge is 2.63. The summed E-state index contributed by atoms with van der Waals surface area (Å²) in [5.41, 5.74) is 2.33. The van der Waals surface area contributed by atoms with Crippen LogP contribution in [-0.4, -0.2) is 21.9 Å². The van der Waals surface area contributed by atoms with Gasteiger partial charge in [-0.15, -0.1) is 0 Å². The summed E-state index contributed by atoms with van der Waals surface area (Å²) in [5.74, 6) is 2.79. The van der Waals surface area contributed by atoms with Gasteiger partial charge in [0.05, 0.1) is 11.7 Å². The van der Waals surface area contributed by atoms with Crippen molar-refractivity contribution in [3.63, 3.8) is 0 Å². The first-order valence-electron chi connectivity index (χ1n) is 11.9. The Morgan fingerprint density at radius 3 is 2.41 bits per heavy atom. The molecule has 2 heteroatoms. The Balaban J connectivity index is 1.46. The molecule has 4 saturated carbocycles. The third kappa shape index (κ3) is 2.89. The molecule has 0 unspecified atom stereocenters. The fourth-order valence-corrected chi connectivity index (χ4v) is 8.33. The van der Waals surface area contributed by atoms with E-state index in [-0.39, 0.29) is 11.5 Å². The summed E-state index contributed by atoms with van der Waals surface area (Å²) < 4.78 is 0. The molecule has 5 rings (SSSR count). The van der Waals surface area contributed by atoms with Crippen molar-refractivity contribution in [2.24, 2.45) is 34.5 Å². The van der Waals surface area contributed by atoms with Gasteiger partial charge in [0.25, 0.3) is 0 Å². The highest BCUT2D eigenvalue weighted by Crippen LogP contribution is 2.68. The van der Waals surface area contributed by atoms with Gasteiger partial charge in [0.1, 0.15) is 0 Å². The van der Waals surface area contributed by atoms with Gasteiger partial charge in [0, 0.05) is 0 Å². The maximum Gasteiger partial charge on any atom is 0.0756 e. The molecule has 29 heavy (non-hydrogen) atoms. The van der Waals surface area contributed by atoms with Crippen molar-refractivity contribution in [3.8, 4) is 0 Å². The molecule has 158 valence electrons. The zero-order chi connectivity index (χ0) is 20.4. The van der Waals surface area contributed by atoms with Gasteiger partial charge in [-0.25, -0.2) is 0 Å². The first-order valence-corrected chi connectivity index (χ1v) is 11.9. The number of hydrogen-bond acceptors (Lipinski definition) is 2. The zero-order valence-electron chi connectivity index (χ0n) is 18.4. The maximum absolute atomic E-state index is 11.1. The fourth-order valence-electron chi connectivity index (χ4n) is 8.33. The van der Waals surface area contributed by atoms with E-state index in [9.17, 15) is 10.2 Å². The molecule has 0 aliphatic heterocycles. The summed E-state index contributed by atoms with van der Waals surface area (Å²) in [6, 6.07) is 10.5. The van der Waals surface area contributed by atoms with Crippen molar-refractivity contribution < 1.29 is 10.2 Å². The Kier molecular flexibility index (Phi) is 4.57. The highest BCUT2D eigenvalue weighted by atomic mass is 16.3. The topological polar surface area (TPSA) is 40.5 Å². The van der Waals surface area contributed by atoms with Crippen LogP contribution in [0.1, 0.15) is 77.7 Å². The lowest BCUT2D eigenvalue weighted by Crippen LogP contribution is -2.56. The molecule has 1 aromatic rings. The summed E-state index contributed by atoms with van der Waals surface area (Å²) in [4.78, 5) is 0. The molecule has 1 aromatic carbocycles. The number of fused-ring (bicyclic) bond motifs is 5. The minimum Gasteiger partial charge on any atom is -0.390 e. The minimum absolute atomic E-state index is 0.0915. The molecule has 8 atom stereocenters. The first-order chi connectivity index (χ1) is 13.7. The lowest BCUT2D eigenvalue weighted by Gasteiger charge is -2.61. The molecule has 0 saturated heterocycles. The average molecular weight is 395 g/mol. The lowest BCUT2D eigenvalue weighted by molar-refractivity contribution is -0.146. The highest BCUT2D eigenvalue weighted by molar-refractivity contribution is 5.54. The van der Waals surface area contributed by atoms with E-state index in [2.05, 4.69) is 57.2 Å². The van der Waals surface area contributed by atoms with Crippen LogP contribution in [0.15, 0.2) is 35.9 Å². The number of rotatable bonds is 1. The third-order valence-electron chi connectivity index (χ3n) is 10.3. The van der Waals surface area contributed by atoms with E-state index in [0.29, 0.717) is 17.3 Å². The molecule has 0 radical (unpaired) electrons. The summed E-state index contributed by atoms with van der Waals surface area (Å²) in [5, 5.41) is 22.1.